The summed E-state index contributed by atoms with van der Waals surface area (Å²) in [5, 5.41) is 5.45. The van der Waals surface area contributed by atoms with Crippen LogP contribution in [0.3, 0.4) is 0 Å². The van der Waals surface area contributed by atoms with Gasteiger partial charge in [0.05, 0.1) is 12.3 Å². The van der Waals surface area contributed by atoms with Crippen molar-refractivity contribution >= 4 is 34.8 Å². The zero-order valence-corrected chi connectivity index (χ0v) is 16.9. The van der Waals surface area contributed by atoms with Gasteiger partial charge in [-0.15, -0.1) is 0 Å². The molecule has 0 atom stereocenters. The van der Waals surface area contributed by atoms with Gasteiger partial charge < -0.3 is 10.1 Å². The van der Waals surface area contributed by atoms with Crippen LogP contribution in [0.15, 0.2) is 29.3 Å². The molecule has 1 aromatic carbocycles. The van der Waals surface area contributed by atoms with Gasteiger partial charge in [-0.05, 0) is 31.5 Å². The van der Waals surface area contributed by atoms with Gasteiger partial charge in [-0.2, -0.15) is 0 Å². The van der Waals surface area contributed by atoms with Crippen LogP contribution in [0.2, 0.25) is 5.02 Å². The molecule has 1 amide bonds. The Morgan fingerprint density at radius 3 is 2.93 bits per heavy atom. The van der Waals surface area contributed by atoms with Gasteiger partial charge in [0.25, 0.3) is 5.91 Å². The van der Waals surface area contributed by atoms with Gasteiger partial charge >= 0.3 is 0 Å². The number of hydrogen-bond donors (Lipinski definition) is 2. The molecule has 148 valence electrons. The second kappa shape index (κ2) is 8.99. The Morgan fingerprint density at radius 1 is 1.36 bits per heavy atom. The van der Waals surface area contributed by atoms with E-state index in [1.54, 1.807) is 20.1 Å². The van der Waals surface area contributed by atoms with E-state index in [0.29, 0.717) is 24.8 Å². The summed E-state index contributed by atoms with van der Waals surface area (Å²) in [7, 11) is 1.58. The molecule has 3 rings (SSSR count). The largest absolute Gasteiger partial charge is 0.383 e. The first-order valence-electron chi connectivity index (χ1n) is 8.97. The molecular weight excluding hydrogens is 380 g/mol. The van der Waals surface area contributed by atoms with Crippen molar-refractivity contribution in [3.8, 4) is 0 Å². The van der Waals surface area contributed by atoms with Gasteiger partial charge in [0, 0.05) is 37.7 Å². The molecule has 0 saturated carbocycles. The number of aliphatic imine (C=N–C) groups is 1. The maximum atomic E-state index is 12.2. The molecule has 2 heterocycles. The standard InChI is InChI=1S/C19H23ClN6O2/c1-12-4-5-14(10-15(12)20)26-8-6-17(25-26)24-18-11-16(22-13(2)23-18)19(27)21-7-9-28-3/h4-5,10-11H,6-9H2,1-3H3,(H,21,27)(H,22,23,24,25). The highest BCUT2D eigenvalue weighted by atomic mass is 35.5. The van der Waals surface area contributed by atoms with Crippen molar-refractivity contribution in [1.29, 1.82) is 0 Å². The van der Waals surface area contributed by atoms with Crippen molar-refractivity contribution in [2.75, 3.05) is 31.8 Å². The summed E-state index contributed by atoms with van der Waals surface area (Å²) < 4.78 is 4.93. The van der Waals surface area contributed by atoms with Crippen molar-refractivity contribution in [2.24, 2.45) is 4.99 Å². The lowest BCUT2D eigenvalue weighted by Crippen LogP contribution is -2.33. The highest BCUT2D eigenvalue weighted by Gasteiger charge is 2.19. The van der Waals surface area contributed by atoms with E-state index >= 15 is 0 Å². The summed E-state index contributed by atoms with van der Waals surface area (Å²) in [5.74, 6) is 1.41. The average molecular weight is 403 g/mol. The number of methoxy groups -OCH3 is 1. The third kappa shape index (κ3) is 4.96. The van der Waals surface area contributed by atoms with Gasteiger partial charge in [-0.1, -0.05) is 17.7 Å². The minimum Gasteiger partial charge on any atom is -0.383 e. The fourth-order valence-electron chi connectivity index (χ4n) is 2.73. The van der Waals surface area contributed by atoms with Gasteiger partial charge in [0.2, 0.25) is 0 Å². The first kappa shape index (κ1) is 20.0. The molecule has 0 aliphatic carbocycles. The number of amides is 1. The number of anilines is 1. The minimum atomic E-state index is -0.278. The summed E-state index contributed by atoms with van der Waals surface area (Å²) in [5.41, 5.74) is 5.54. The third-order valence-electron chi connectivity index (χ3n) is 4.20. The number of aromatic nitrogens is 2. The Hall–Kier alpha value is -2.71. The fourth-order valence-corrected chi connectivity index (χ4v) is 2.91. The smallest absolute Gasteiger partial charge is 0.270 e. The second-order valence-electron chi connectivity index (χ2n) is 6.41. The van der Waals surface area contributed by atoms with Gasteiger partial charge in [0.15, 0.2) is 5.82 Å². The van der Waals surface area contributed by atoms with Crippen molar-refractivity contribution in [2.45, 2.75) is 20.3 Å². The zero-order chi connectivity index (χ0) is 20.1. The van der Waals surface area contributed by atoms with E-state index in [1.165, 1.54) is 0 Å². The number of rotatable bonds is 6. The number of halogens is 1. The molecule has 1 aliphatic heterocycles. The first-order chi connectivity index (χ1) is 13.5. The fraction of sp³-hybridized carbons (Fsp3) is 0.368. The molecule has 8 nitrogen and oxygen atoms in total. The number of aryl methyl sites for hydroxylation is 2. The number of carbonyl (C=O) groups excluding carboxylic acids is 1. The minimum absolute atomic E-state index is 0.278. The molecule has 2 aromatic rings. The van der Waals surface area contributed by atoms with Crippen LogP contribution in [-0.4, -0.2) is 48.5 Å². The molecule has 0 radical (unpaired) electrons. The number of amidine groups is 1. The molecule has 0 unspecified atom stereocenters. The topological polar surface area (TPSA) is 91.7 Å². The molecule has 1 saturated heterocycles. The van der Waals surface area contributed by atoms with E-state index in [1.807, 2.05) is 30.1 Å². The molecule has 1 aromatic heterocycles. The lowest BCUT2D eigenvalue weighted by atomic mass is 10.2. The van der Waals surface area contributed by atoms with Crippen LogP contribution in [0.4, 0.5) is 11.5 Å². The molecular formula is C19H23ClN6O2. The summed E-state index contributed by atoms with van der Waals surface area (Å²) in [6.45, 7) is 5.31. The third-order valence-corrected chi connectivity index (χ3v) is 4.61. The molecule has 9 heteroatoms. The van der Waals surface area contributed by atoms with Crippen molar-refractivity contribution < 1.29 is 9.53 Å². The lowest BCUT2D eigenvalue weighted by Gasteiger charge is -2.18. The van der Waals surface area contributed by atoms with E-state index in [2.05, 4.69) is 25.7 Å². The van der Waals surface area contributed by atoms with Crippen LogP contribution in [0.5, 0.6) is 0 Å². The summed E-state index contributed by atoms with van der Waals surface area (Å²) >= 11 is 6.22. The Bertz CT molecular complexity index is 902. The number of nitrogens with zero attached hydrogens (tertiary/aromatic N) is 4. The lowest BCUT2D eigenvalue weighted by molar-refractivity contribution is 0.0931. The Morgan fingerprint density at radius 2 is 2.18 bits per heavy atom. The van der Waals surface area contributed by atoms with Crippen LogP contribution in [0.1, 0.15) is 28.3 Å². The van der Waals surface area contributed by atoms with E-state index in [-0.39, 0.29) is 11.6 Å². The van der Waals surface area contributed by atoms with Crippen molar-refractivity contribution in [1.82, 2.24) is 20.7 Å². The first-order valence-corrected chi connectivity index (χ1v) is 9.35. The average Bonchev–Trinajstić information content (AvgIpc) is 3.12. The number of hydrogen-bond acceptors (Lipinski definition) is 6. The van der Waals surface area contributed by atoms with Crippen molar-refractivity contribution in [3.05, 3.63) is 46.4 Å². The van der Waals surface area contributed by atoms with Crippen LogP contribution < -0.4 is 15.8 Å². The van der Waals surface area contributed by atoms with E-state index in [4.69, 9.17) is 16.3 Å². The Balaban J connectivity index is 1.73. The summed E-state index contributed by atoms with van der Waals surface area (Å²) in [6, 6.07) is 7.49. The molecule has 0 bridgehead atoms. The maximum Gasteiger partial charge on any atom is 0.270 e. The summed E-state index contributed by atoms with van der Waals surface area (Å²) in [4.78, 5) is 25.3. The highest BCUT2D eigenvalue weighted by Crippen LogP contribution is 2.24. The maximum absolute atomic E-state index is 12.2. The Kier molecular flexibility index (Phi) is 6.43. The van der Waals surface area contributed by atoms with Crippen molar-refractivity contribution in [3.63, 3.8) is 0 Å². The number of ether oxygens (including phenoxy) is 1. The highest BCUT2D eigenvalue weighted by molar-refractivity contribution is 6.31. The second-order valence-corrected chi connectivity index (χ2v) is 6.82. The van der Waals surface area contributed by atoms with Crippen LogP contribution >= 0.6 is 11.6 Å². The van der Waals surface area contributed by atoms with Crippen LogP contribution in [-0.2, 0) is 4.74 Å². The van der Waals surface area contributed by atoms with E-state index in [9.17, 15) is 4.79 Å². The predicted molar refractivity (Wildman–Crippen MR) is 109 cm³/mol. The van der Waals surface area contributed by atoms with Crippen LogP contribution in [0, 0.1) is 13.8 Å². The molecule has 0 spiro atoms. The molecule has 1 aliphatic rings. The quantitative estimate of drug-likeness (QED) is 0.721. The van der Waals surface area contributed by atoms with E-state index in [0.717, 1.165) is 35.1 Å². The molecule has 1 fully saturated rings. The monoisotopic (exact) mass is 402 g/mol. The zero-order valence-electron chi connectivity index (χ0n) is 16.1. The molecule has 28 heavy (non-hydrogen) atoms. The number of hydrazine groups is 1. The van der Waals surface area contributed by atoms with Gasteiger partial charge in [0.1, 0.15) is 17.4 Å². The number of nitrogens with one attached hydrogen (secondary N) is 2. The van der Waals surface area contributed by atoms with E-state index < -0.39 is 0 Å². The van der Waals surface area contributed by atoms with Gasteiger partial charge in [-0.3, -0.25) is 15.2 Å². The predicted octanol–water partition coefficient (Wildman–Crippen LogP) is 2.57. The normalized spacial score (nSPS) is 15.0. The van der Waals surface area contributed by atoms with Crippen LogP contribution in [0.25, 0.3) is 0 Å². The number of benzene rings is 1. The SMILES string of the molecule is COCCNC(=O)c1cc(N=C2CCN(c3ccc(C)c(Cl)c3)N2)nc(C)n1. The number of carbonyl (C=O) groups is 1. The molecule has 2 N–H and O–H groups in total. The Labute approximate surface area is 169 Å². The van der Waals surface area contributed by atoms with Gasteiger partial charge in [-0.25, -0.2) is 15.0 Å². The summed E-state index contributed by atoms with van der Waals surface area (Å²) in [6.07, 6.45) is 0.726.